The maximum atomic E-state index is 9.32. The molecule has 1 fully saturated rings. The van der Waals surface area contributed by atoms with Crippen molar-refractivity contribution in [1.29, 1.82) is 0 Å². The van der Waals surface area contributed by atoms with Gasteiger partial charge in [-0.25, -0.2) is 0 Å². The van der Waals surface area contributed by atoms with Gasteiger partial charge in [-0.1, -0.05) is 27.7 Å². The second-order valence-electron chi connectivity index (χ2n) is 6.05. The molecule has 1 rings (SSSR count). The molecule has 0 bridgehead atoms. The number of rotatable bonds is 5. The normalized spacial score (nSPS) is 31.8. The Morgan fingerprint density at radius 1 is 1.47 bits per heavy atom. The van der Waals surface area contributed by atoms with Gasteiger partial charge in [-0.2, -0.15) is 0 Å². The van der Waals surface area contributed by atoms with Gasteiger partial charge in [0, 0.05) is 0 Å². The highest BCUT2D eigenvalue weighted by Gasteiger charge is 2.37. The summed E-state index contributed by atoms with van der Waals surface area (Å²) in [6.45, 7) is 10.8. The molecule has 0 radical (unpaired) electrons. The fourth-order valence-corrected chi connectivity index (χ4v) is 1.90. The summed E-state index contributed by atoms with van der Waals surface area (Å²) in [6.07, 6.45) is 1.03. The van der Waals surface area contributed by atoms with E-state index in [1.165, 1.54) is 0 Å². The fraction of sp³-hybridized carbons (Fsp3) is 1.00. The van der Waals surface area contributed by atoms with E-state index >= 15 is 0 Å². The first-order valence-electron chi connectivity index (χ1n) is 6.36. The van der Waals surface area contributed by atoms with Crippen LogP contribution in [0, 0.1) is 5.41 Å². The van der Waals surface area contributed by atoms with Crippen molar-refractivity contribution in [3.05, 3.63) is 0 Å². The highest BCUT2D eigenvalue weighted by atomic mass is 16.8. The third kappa shape index (κ3) is 4.92. The zero-order chi connectivity index (χ0) is 13.1. The van der Waals surface area contributed by atoms with Crippen LogP contribution < -0.4 is 0 Å². The molecule has 0 aliphatic carbocycles. The van der Waals surface area contributed by atoms with E-state index in [4.69, 9.17) is 14.2 Å². The SMILES string of the molecule is CCC1(C)OCC(OC(CO)CC(C)(C)C)O1. The molecule has 1 N–H and O–H groups in total. The van der Waals surface area contributed by atoms with Gasteiger partial charge in [-0.15, -0.1) is 0 Å². The summed E-state index contributed by atoms with van der Waals surface area (Å²) in [4.78, 5) is 0. The Morgan fingerprint density at radius 2 is 2.12 bits per heavy atom. The minimum atomic E-state index is -0.535. The van der Waals surface area contributed by atoms with Crippen LogP contribution in [0.1, 0.15) is 47.5 Å². The molecule has 1 aliphatic heterocycles. The Balaban J connectivity index is 2.43. The van der Waals surface area contributed by atoms with Gasteiger partial charge in [0.15, 0.2) is 12.1 Å². The number of aliphatic hydroxyl groups is 1. The lowest BCUT2D eigenvalue weighted by molar-refractivity contribution is -0.219. The summed E-state index contributed by atoms with van der Waals surface area (Å²) in [5, 5.41) is 9.32. The van der Waals surface area contributed by atoms with Crippen LogP contribution in [0.5, 0.6) is 0 Å². The van der Waals surface area contributed by atoms with Crippen molar-refractivity contribution in [3.8, 4) is 0 Å². The van der Waals surface area contributed by atoms with Crippen LogP contribution in [0.4, 0.5) is 0 Å². The maximum Gasteiger partial charge on any atom is 0.184 e. The Bertz CT molecular complexity index is 236. The van der Waals surface area contributed by atoms with Crippen LogP contribution in [0.2, 0.25) is 0 Å². The van der Waals surface area contributed by atoms with E-state index in [2.05, 4.69) is 20.8 Å². The molecule has 1 aliphatic rings. The molecule has 0 aromatic carbocycles. The summed E-state index contributed by atoms with van der Waals surface area (Å²) in [7, 11) is 0. The molecule has 1 saturated heterocycles. The second-order valence-corrected chi connectivity index (χ2v) is 6.05. The highest BCUT2D eigenvalue weighted by Crippen LogP contribution is 2.29. The van der Waals surface area contributed by atoms with Gasteiger partial charge >= 0.3 is 0 Å². The van der Waals surface area contributed by atoms with Crippen molar-refractivity contribution in [2.24, 2.45) is 5.41 Å². The van der Waals surface area contributed by atoms with Crippen LogP contribution in [0.25, 0.3) is 0 Å². The Kier molecular flexibility index (Phi) is 4.95. The molecular weight excluding hydrogens is 220 g/mol. The van der Waals surface area contributed by atoms with E-state index in [9.17, 15) is 5.11 Å². The quantitative estimate of drug-likeness (QED) is 0.808. The first kappa shape index (κ1) is 14.9. The Morgan fingerprint density at radius 3 is 2.53 bits per heavy atom. The maximum absolute atomic E-state index is 9.32. The van der Waals surface area contributed by atoms with E-state index in [1.807, 2.05) is 13.8 Å². The molecule has 4 heteroatoms. The third-order valence-corrected chi connectivity index (χ3v) is 2.94. The monoisotopic (exact) mass is 246 g/mol. The Hall–Kier alpha value is -0.160. The third-order valence-electron chi connectivity index (χ3n) is 2.94. The largest absolute Gasteiger partial charge is 0.394 e. The molecule has 17 heavy (non-hydrogen) atoms. The molecule has 0 aromatic rings. The van der Waals surface area contributed by atoms with E-state index in [0.717, 1.165) is 12.8 Å². The van der Waals surface area contributed by atoms with Crippen molar-refractivity contribution in [1.82, 2.24) is 0 Å². The average molecular weight is 246 g/mol. The van der Waals surface area contributed by atoms with Crippen LogP contribution in [-0.4, -0.2) is 36.5 Å². The van der Waals surface area contributed by atoms with E-state index in [-0.39, 0.29) is 24.4 Å². The molecule has 0 aromatic heterocycles. The lowest BCUT2D eigenvalue weighted by Crippen LogP contribution is -2.32. The molecule has 3 atom stereocenters. The summed E-state index contributed by atoms with van der Waals surface area (Å²) in [6, 6.07) is 0. The van der Waals surface area contributed by atoms with E-state index in [1.54, 1.807) is 0 Å². The van der Waals surface area contributed by atoms with Crippen molar-refractivity contribution in [2.45, 2.75) is 65.6 Å². The molecule has 0 spiro atoms. The lowest BCUT2D eigenvalue weighted by atomic mass is 9.89. The molecule has 0 amide bonds. The lowest BCUT2D eigenvalue weighted by Gasteiger charge is -2.27. The van der Waals surface area contributed by atoms with E-state index in [0.29, 0.717) is 6.61 Å². The number of hydrogen-bond donors (Lipinski definition) is 1. The van der Waals surface area contributed by atoms with Crippen molar-refractivity contribution >= 4 is 0 Å². The van der Waals surface area contributed by atoms with Gasteiger partial charge in [-0.3, -0.25) is 0 Å². The van der Waals surface area contributed by atoms with Gasteiger partial charge < -0.3 is 19.3 Å². The number of ether oxygens (including phenoxy) is 3. The summed E-state index contributed by atoms with van der Waals surface area (Å²) < 4.78 is 17.0. The molecule has 0 saturated carbocycles. The molecule has 3 unspecified atom stereocenters. The summed E-state index contributed by atoms with van der Waals surface area (Å²) in [5.74, 6) is -0.535. The van der Waals surface area contributed by atoms with Crippen LogP contribution >= 0.6 is 0 Å². The van der Waals surface area contributed by atoms with Gasteiger partial charge in [0.05, 0.1) is 12.7 Å². The topological polar surface area (TPSA) is 47.9 Å². The van der Waals surface area contributed by atoms with Gasteiger partial charge in [0.25, 0.3) is 0 Å². The molecule has 102 valence electrons. The molecular formula is C13H26O4. The molecule has 1 heterocycles. The molecule has 4 nitrogen and oxygen atoms in total. The zero-order valence-electron chi connectivity index (χ0n) is 11.7. The smallest absolute Gasteiger partial charge is 0.184 e. The van der Waals surface area contributed by atoms with E-state index < -0.39 is 5.79 Å². The first-order valence-corrected chi connectivity index (χ1v) is 6.36. The van der Waals surface area contributed by atoms with Crippen LogP contribution in [0.3, 0.4) is 0 Å². The van der Waals surface area contributed by atoms with Crippen molar-refractivity contribution in [2.75, 3.05) is 13.2 Å². The van der Waals surface area contributed by atoms with Crippen molar-refractivity contribution < 1.29 is 19.3 Å². The predicted octanol–water partition coefficient (Wildman–Crippen LogP) is 2.30. The zero-order valence-corrected chi connectivity index (χ0v) is 11.7. The average Bonchev–Trinajstić information content (AvgIpc) is 2.58. The van der Waals surface area contributed by atoms with Gasteiger partial charge in [0.2, 0.25) is 0 Å². The Labute approximate surface area is 104 Å². The summed E-state index contributed by atoms with van der Waals surface area (Å²) in [5.41, 5.74) is 0.126. The van der Waals surface area contributed by atoms with Gasteiger partial charge in [0.1, 0.15) is 6.61 Å². The fourth-order valence-electron chi connectivity index (χ4n) is 1.90. The minimum Gasteiger partial charge on any atom is -0.394 e. The minimum absolute atomic E-state index is 0.0139. The number of aliphatic hydroxyl groups excluding tert-OH is 1. The highest BCUT2D eigenvalue weighted by molar-refractivity contribution is 4.73. The number of hydrogen-bond acceptors (Lipinski definition) is 4. The predicted molar refractivity (Wildman–Crippen MR) is 65.6 cm³/mol. The summed E-state index contributed by atoms with van der Waals surface area (Å²) >= 11 is 0. The second kappa shape index (κ2) is 5.65. The van der Waals surface area contributed by atoms with Crippen molar-refractivity contribution in [3.63, 3.8) is 0 Å². The van der Waals surface area contributed by atoms with Crippen LogP contribution in [-0.2, 0) is 14.2 Å². The van der Waals surface area contributed by atoms with Crippen LogP contribution in [0.15, 0.2) is 0 Å². The first-order chi connectivity index (χ1) is 7.78. The van der Waals surface area contributed by atoms with Gasteiger partial charge in [-0.05, 0) is 25.2 Å². The standard InChI is InChI=1S/C13H26O4/c1-6-13(5)15-9-11(17-13)16-10(8-14)7-12(2,3)4/h10-11,14H,6-9H2,1-5H3.